The molecule has 0 bridgehead atoms. The van der Waals surface area contributed by atoms with Crippen LogP contribution in [-0.4, -0.2) is 47.5 Å². The molecule has 1 unspecified atom stereocenters. The number of benzene rings is 1. The van der Waals surface area contributed by atoms with Crippen LogP contribution in [-0.2, 0) is 14.3 Å². The molecular formula is C21H25F3N2O6. The van der Waals surface area contributed by atoms with Gasteiger partial charge in [0, 0.05) is 18.7 Å². The molecule has 0 radical (unpaired) electrons. The highest BCUT2D eigenvalue weighted by molar-refractivity contribution is 5.95. The Morgan fingerprint density at radius 2 is 1.81 bits per heavy atom. The van der Waals surface area contributed by atoms with Crippen LogP contribution in [0.15, 0.2) is 35.5 Å². The van der Waals surface area contributed by atoms with Crippen LogP contribution >= 0.6 is 0 Å². The first-order chi connectivity index (χ1) is 15.0. The summed E-state index contributed by atoms with van der Waals surface area (Å²) in [6, 6.07) is 3.48. The minimum absolute atomic E-state index is 0.0330. The molecule has 176 valence electrons. The van der Waals surface area contributed by atoms with Crippen molar-refractivity contribution in [3.8, 4) is 5.75 Å². The van der Waals surface area contributed by atoms with Gasteiger partial charge in [-0.2, -0.15) is 0 Å². The Bertz CT molecular complexity index is 867. The second-order valence-corrected chi connectivity index (χ2v) is 7.07. The molecule has 1 aliphatic rings. The van der Waals surface area contributed by atoms with Gasteiger partial charge in [0.05, 0.1) is 18.2 Å². The number of carbonyl (C=O) groups excluding carboxylic acids is 2. The molecule has 1 heterocycles. The van der Waals surface area contributed by atoms with Crippen LogP contribution in [0.5, 0.6) is 5.75 Å². The Labute approximate surface area is 183 Å². The fraction of sp³-hybridized carbons (Fsp3) is 0.476. The van der Waals surface area contributed by atoms with Crippen molar-refractivity contribution in [3.63, 3.8) is 0 Å². The fourth-order valence-electron chi connectivity index (χ4n) is 3.36. The van der Waals surface area contributed by atoms with Crippen molar-refractivity contribution < 1.29 is 42.1 Å². The lowest BCUT2D eigenvalue weighted by Crippen LogP contribution is -2.48. The smallest absolute Gasteiger partial charge is 0.481 e. The number of allylic oxidation sites excluding steroid dienone is 1. The van der Waals surface area contributed by atoms with E-state index in [1.807, 2.05) is 0 Å². The molecule has 0 spiro atoms. The monoisotopic (exact) mass is 458 g/mol. The Morgan fingerprint density at radius 1 is 1.16 bits per heavy atom. The summed E-state index contributed by atoms with van der Waals surface area (Å²) in [5.41, 5.74) is 0.920. The zero-order valence-electron chi connectivity index (χ0n) is 17.7. The van der Waals surface area contributed by atoms with E-state index in [2.05, 4.69) is 10.1 Å². The van der Waals surface area contributed by atoms with Crippen LogP contribution in [0.4, 0.5) is 18.0 Å². The van der Waals surface area contributed by atoms with Gasteiger partial charge in [-0.05, 0) is 44.4 Å². The number of esters is 1. The summed E-state index contributed by atoms with van der Waals surface area (Å²) in [5.74, 6) is -1.97. The van der Waals surface area contributed by atoms with Crippen molar-refractivity contribution in [2.75, 3.05) is 13.2 Å². The topological polar surface area (TPSA) is 105 Å². The van der Waals surface area contributed by atoms with Crippen molar-refractivity contribution in [2.45, 2.75) is 51.9 Å². The van der Waals surface area contributed by atoms with Gasteiger partial charge in [-0.3, -0.25) is 9.69 Å². The van der Waals surface area contributed by atoms with E-state index in [4.69, 9.17) is 9.84 Å². The summed E-state index contributed by atoms with van der Waals surface area (Å²) >= 11 is 0. The molecule has 1 aliphatic heterocycles. The third-order valence-corrected chi connectivity index (χ3v) is 4.81. The summed E-state index contributed by atoms with van der Waals surface area (Å²) in [5, 5.41) is 11.4. The standard InChI is InChI=1S/C21H25F3N2O6/c1-3-31-19(29)17-13(2)26(12-6-4-5-7-16(27)28)20(30)25-18(17)14-8-10-15(11-9-14)32-21(22,23)24/h8-11,18H,3-7,12H2,1-2H3,(H,25,30)(H,27,28). The second-order valence-electron chi connectivity index (χ2n) is 7.07. The molecule has 32 heavy (non-hydrogen) atoms. The number of unbranched alkanes of at least 4 members (excludes halogenated alkanes) is 2. The summed E-state index contributed by atoms with van der Waals surface area (Å²) in [6.45, 7) is 3.60. The average molecular weight is 458 g/mol. The van der Waals surface area contributed by atoms with Crippen molar-refractivity contribution in [3.05, 3.63) is 41.1 Å². The zero-order chi connectivity index (χ0) is 23.9. The highest BCUT2D eigenvalue weighted by atomic mass is 19.4. The summed E-state index contributed by atoms with van der Waals surface area (Å²) in [7, 11) is 0. The number of alkyl halides is 3. The predicted octanol–water partition coefficient (Wildman–Crippen LogP) is 4.13. The molecule has 11 heteroatoms. The number of nitrogens with one attached hydrogen (secondary N) is 1. The van der Waals surface area contributed by atoms with E-state index < -0.39 is 36.1 Å². The van der Waals surface area contributed by atoms with E-state index in [1.54, 1.807) is 13.8 Å². The van der Waals surface area contributed by atoms with Gasteiger partial charge < -0.3 is 19.9 Å². The van der Waals surface area contributed by atoms with Crippen LogP contribution in [0.3, 0.4) is 0 Å². The third-order valence-electron chi connectivity index (χ3n) is 4.81. The molecule has 0 saturated heterocycles. The molecule has 1 aromatic carbocycles. The minimum atomic E-state index is -4.84. The fourth-order valence-corrected chi connectivity index (χ4v) is 3.36. The Morgan fingerprint density at radius 3 is 2.38 bits per heavy atom. The normalized spacial score (nSPS) is 16.6. The molecule has 1 atom stereocenters. The van der Waals surface area contributed by atoms with Gasteiger partial charge in [0.2, 0.25) is 0 Å². The van der Waals surface area contributed by atoms with Gasteiger partial charge in [0.25, 0.3) is 0 Å². The zero-order valence-corrected chi connectivity index (χ0v) is 17.7. The van der Waals surface area contributed by atoms with Crippen LogP contribution in [0, 0.1) is 0 Å². The van der Waals surface area contributed by atoms with Crippen molar-refractivity contribution in [1.29, 1.82) is 0 Å². The van der Waals surface area contributed by atoms with Crippen molar-refractivity contribution in [2.24, 2.45) is 0 Å². The molecule has 0 aliphatic carbocycles. The number of hydrogen-bond acceptors (Lipinski definition) is 5. The summed E-state index contributed by atoms with van der Waals surface area (Å²) < 4.78 is 46.2. The summed E-state index contributed by atoms with van der Waals surface area (Å²) in [4.78, 5) is 37.3. The Balaban J connectivity index is 2.25. The maximum atomic E-state index is 12.7. The first-order valence-electron chi connectivity index (χ1n) is 10.1. The van der Waals surface area contributed by atoms with Crippen LogP contribution in [0.1, 0.15) is 51.1 Å². The van der Waals surface area contributed by atoms with Crippen molar-refractivity contribution in [1.82, 2.24) is 10.2 Å². The molecular weight excluding hydrogens is 433 g/mol. The molecule has 1 aromatic rings. The molecule has 0 fully saturated rings. The number of ether oxygens (including phenoxy) is 2. The second kappa shape index (κ2) is 10.9. The number of halogens is 3. The molecule has 0 aromatic heterocycles. The van der Waals surface area contributed by atoms with Crippen molar-refractivity contribution >= 4 is 18.0 Å². The maximum Gasteiger partial charge on any atom is 0.573 e. The van der Waals surface area contributed by atoms with Gasteiger partial charge in [-0.1, -0.05) is 18.6 Å². The Kier molecular flexibility index (Phi) is 8.50. The van der Waals surface area contributed by atoms with Gasteiger partial charge in [-0.25, -0.2) is 9.59 Å². The lowest BCUT2D eigenvalue weighted by atomic mass is 9.94. The van der Waals surface area contributed by atoms with Gasteiger partial charge >= 0.3 is 24.3 Å². The van der Waals surface area contributed by atoms with Gasteiger partial charge in [-0.15, -0.1) is 13.2 Å². The predicted molar refractivity (Wildman–Crippen MR) is 107 cm³/mol. The van der Waals surface area contributed by atoms with E-state index in [9.17, 15) is 27.6 Å². The van der Waals surface area contributed by atoms with E-state index in [-0.39, 0.29) is 25.1 Å². The third kappa shape index (κ3) is 6.89. The number of rotatable bonds is 10. The number of aliphatic carboxylic acids is 1. The van der Waals surface area contributed by atoms with E-state index >= 15 is 0 Å². The molecule has 0 saturated carbocycles. The minimum Gasteiger partial charge on any atom is -0.481 e. The molecule has 2 rings (SSSR count). The first-order valence-corrected chi connectivity index (χ1v) is 10.1. The highest BCUT2D eigenvalue weighted by Crippen LogP contribution is 2.33. The number of urea groups is 1. The Hall–Kier alpha value is -3.24. The average Bonchev–Trinajstić information content (AvgIpc) is 2.68. The van der Waals surface area contributed by atoms with E-state index in [0.29, 0.717) is 30.5 Å². The number of nitrogens with zero attached hydrogens (tertiary/aromatic N) is 1. The van der Waals surface area contributed by atoms with Crippen LogP contribution < -0.4 is 10.1 Å². The van der Waals surface area contributed by atoms with E-state index in [1.165, 1.54) is 17.0 Å². The van der Waals surface area contributed by atoms with Crippen LogP contribution in [0.2, 0.25) is 0 Å². The van der Waals surface area contributed by atoms with Gasteiger partial charge in [0.15, 0.2) is 0 Å². The van der Waals surface area contributed by atoms with Crippen LogP contribution in [0.25, 0.3) is 0 Å². The number of carboxylic acids is 1. The first kappa shape index (κ1) is 25.0. The largest absolute Gasteiger partial charge is 0.573 e. The lowest BCUT2D eigenvalue weighted by Gasteiger charge is -2.35. The van der Waals surface area contributed by atoms with Gasteiger partial charge in [0.1, 0.15) is 5.75 Å². The lowest BCUT2D eigenvalue weighted by molar-refractivity contribution is -0.274. The maximum absolute atomic E-state index is 12.7. The number of carboxylic acid groups (broad SMARTS) is 1. The number of carbonyl (C=O) groups is 3. The highest BCUT2D eigenvalue weighted by Gasteiger charge is 2.36. The number of amides is 2. The SMILES string of the molecule is CCOC(=O)C1=C(C)N(CCCCCC(=O)O)C(=O)NC1c1ccc(OC(F)(F)F)cc1. The molecule has 8 nitrogen and oxygen atoms in total. The molecule has 2 amide bonds. The quantitative estimate of drug-likeness (QED) is 0.404. The summed E-state index contributed by atoms with van der Waals surface area (Å²) in [6.07, 6.45) is -3.22. The van der Waals surface area contributed by atoms with E-state index in [0.717, 1.165) is 12.1 Å². The number of hydrogen-bond donors (Lipinski definition) is 2. The molecule has 2 N–H and O–H groups in total.